The van der Waals surface area contributed by atoms with Crippen molar-refractivity contribution in [1.29, 1.82) is 0 Å². The van der Waals surface area contributed by atoms with Gasteiger partial charge < -0.3 is 49.4 Å². The van der Waals surface area contributed by atoms with Gasteiger partial charge in [0, 0.05) is 12.6 Å². The number of H-pyrrole nitrogens is 1. The third-order valence-electron chi connectivity index (χ3n) is 7.29. The molecule has 3 aliphatic rings. The largest absolute Gasteiger partial charge is 0.397 e. The number of nitrogen functional groups attached to an aromatic ring is 2. The number of aromatic nitrogens is 7. The quantitative estimate of drug-likeness (QED) is 0.145. The molecule has 9 atom stereocenters. The van der Waals surface area contributed by atoms with Gasteiger partial charge in [0.1, 0.15) is 29.9 Å². The first kappa shape index (κ1) is 30.2. The zero-order valence-corrected chi connectivity index (χ0v) is 25.6. The Morgan fingerprint density at radius 2 is 1.64 bits per heavy atom. The van der Waals surface area contributed by atoms with Crippen molar-refractivity contribution >= 4 is 71.0 Å². The number of nitrogens with one attached hydrogen (secondary N) is 1. The second kappa shape index (κ2) is 11.1. The van der Waals surface area contributed by atoms with Crippen molar-refractivity contribution in [3.8, 4) is 0 Å². The molecular formula is C21H25N9O10P2S2. The van der Waals surface area contributed by atoms with E-state index in [4.69, 9.17) is 62.6 Å². The molecular weight excluding hydrogens is 664 g/mol. The van der Waals surface area contributed by atoms with Gasteiger partial charge in [-0.2, -0.15) is 4.98 Å². The lowest BCUT2D eigenvalue weighted by atomic mass is 10.1. The van der Waals surface area contributed by atoms with Gasteiger partial charge in [-0.05, 0) is 29.7 Å². The Hall–Kier alpha value is -2.49. The SMILES string of the molecule is Nc1nc2c(ncn2[C@@H]2O[C@@H]3COP(O)(=S)OC4[C@@H](COP(O)(=S)OC2C3)O[C@@H](n2cnc3c(N)ccnc32)[C@H]4O)c(=O)[nH]1. The number of hydrogen-bond donors (Lipinski definition) is 6. The summed E-state index contributed by atoms with van der Waals surface area (Å²) in [4.78, 5) is 53.6. The molecule has 4 aromatic heterocycles. The molecule has 2 bridgehead atoms. The Bertz CT molecular complexity index is 1910. The minimum Gasteiger partial charge on any atom is -0.397 e. The molecule has 23 heteroatoms. The van der Waals surface area contributed by atoms with E-state index < -0.39 is 68.6 Å². The minimum absolute atomic E-state index is 0.00399. The van der Waals surface area contributed by atoms with Gasteiger partial charge in [-0.15, -0.1) is 0 Å². The number of aromatic amines is 1. The molecule has 3 saturated heterocycles. The van der Waals surface area contributed by atoms with E-state index in [0.717, 1.165) is 0 Å². The number of aliphatic hydroxyl groups is 1. The molecule has 7 heterocycles. The molecule has 0 saturated carbocycles. The number of ether oxygens (including phenoxy) is 2. The van der Waals surface area contributed by atoms with Gasteiger partial charge in [0.25, 0.3) is 5.56 Å². The van der Waals surface area contributed by atoms with Crippen molar-refractivity contribution in [3.05, 3.63) is 35.3 Å². The number of nitrogens with zero attached hydrogens (tertiary/aromatic N) is 6. The molecule has 236 valence electrons. The lowest BCUT2D eigenvalue weighted by molar-refractivity contribution is -0.0603. The molecule has 0 aliphatic carbocycles. The number of imidazole rings is 2. The number of fused-ring (bicyclic) bond motifs is 5. The second-order valence-electron chi connectivity index (χ2n) is 10.2. The topological polar surface area (TPSA) is 262 Å². The van der Waals surface area contributed by atoms with E-state index in [1.807, 2.05) is 0 Å². The van der Waals surface area contributed by atoms with E-state index in [9.17, 15) is 19.7 Å². The third-order valence-corrected chi connectivity index (χ3v) is 10.4. The first-order chi connectivity index (χ1) is 20.9. The Morgan fingerprint density at radius 1 is 0.932 bits per heavy atom. The molecule has 0 spiro atoms. The van der Waals surface area contributed by atoms with Crippen molar-refractivity contribution in [2.24, 2.45) is 0 Å². The summed E-state index contributed by atoms with van der Waals surface area (Å²) in [5.41, 5.74) is 12.3. The molecule has 0 radical (unpaired) electrons. The fourth-order valence-electron chi connectivity index (χ4n) is 5.38. The van der Waals surface area contributed by atoms with Crippen LogP contribution in [-0.4, -0.2) is 92.7 Å². The van der Waals surface area contributed by atoms with E-state index in [1.54, 1.807) is 6.07 Å². The van der Waals surface area contributed by atoms with Crippen molar-refractivity contribution in [2.45, 2.75) is 49.4 Å². The molecule has 8 N–H and O–H groups in total. The summed E-state index contributed by atoms with van der Waals surface area (Å²) in [6, 6.07) is 1.58. The molecule has 3 fully saturated rings. The van der Waals surface area contributed by atoms with Gasteiger partial charge in [-0.25, -0.2) is 15.0 Å². The van der Waals surface area contributed by atoms with E-state index in [0.29, 0.717) is 16.9 Å². The molecule has 0 aromatic carbocycles. The monoisotopic (exact) mass is 689 g/mol. The Balaban J connectivity index is 1.19. The summed E-state index contributed by atoms with van der Waals surface area (Å²) in [6.07, 6.45) is -3.44. The van der Waals surface area contributed by atoms with Crippen molar-refractivity contribution in [3.63, 3.8) is 0 Å². The van der Waals surface area contributed by atoms with Crippen LogP contribution in [0.2, 0.25) is 0 Å². The highest BCUT2D eigenvalue weighted by Gasteiger charge is 2.50. The molecule has 44 heavy (non-hydrogen) atoms. The fourth-order valence-corrected chi connectivity index (χ4v) is 8.28. The first-order valence-corrected chi connectivity index (χ1v) is 18.2. The van der Waals surface area contributed by atoms with Crippen LogP contribution in [0.15, 0.2) is 29.7 Å². The lowest BCUT2D eigenvalue weighted by Gasteiger charge is -2.28. The summed E-state index contributed by atoms with van der Waals surface area (Å²) in [6.45, 7) is -8.76. The van der Waals surface area contributed by atoms with Gasteiger partial charge in [0.05, 0.1) is 37.7 Å². The summed E-state index contributed by atoms with van der Waals surface area (Å²) < 4.78 is 37.9. The number of nitrogens with two attached hydrogens (primary N) is 2. The Morgan fingerprint density at radius 3 is 2.43 bits per heavy atom. The van der Waals surface area contributed by atoms with Gasteiger partial charge in [-0.3, -0.25) is 23.4 Å². The van der Waals surface area contributed by atoms with E-state index in [1.165, 1.54) is 28.0 Å². The minimum atomic E-state index is -4.03. The van der Waals surface area contributed by atoms with Gasteiger partial charge in [-0.1, -0.05) is 0 Å². The maximum atomic E-state index is 12.3. The number of hydrogen-bond acceptors (Lipinski definition) is 16. The summed E-state index contributed by atoms with van der Waals surface area (Å²) in [7, 11) is 0. The van der Waals surface area contributed by atoms with Crippen LogP contribution in [-0.2, 0) is 51.2 Å². The smallest absolute Gasteiger partial charge is 0.325 e. The average molecular weight is 690 g/mol. The predicted molar refractivity (Wildman–Crippen MR) is 158 cm³/mol. The molecule has 4 unspecified atom stereocenters. The standard InChI is InChI=1S/C21H25N9O10P2S2/c22-9-1-2-24-16-12(9)25-6-29(16)20-14(31)15-11(38-20)5-36-41(33,43)39-10-3-8(4-35-42(34,44)40-15)37-19(10)30-7-26-13-17(30)27-21(23)28-18(13)32/h1-2,6-8,10-11,14-15,19-20,31H,3-5H2,(H2,22,24)(H,33,43)(H,34,44)(H3,23,27,28,32)/t8-,10?,11+,14-,15?,19+,20+,41?,42?/m0/s1. The zero-order valence-electron chi connectivity index (χ0n) is 22.2. The molecule has 3 aliphatic heterocycles. The van der Waals surface area contributed by atoms with Crippen LogP contribution in [0.1, 0.15) is 18.9 Å². The molecule has 7 rings (SSSR count). The normalized spacial score (nSPS) is 36.6. The predicted octanol–water partition coefficient (Wildman–Crippen LogP) is -0.475. The second-order valence-corrected chi connectivity index (χ2v) is 15.8. The molecule has 19 nitrogen and oxygen atoms in total. The first-order valence-electron chi connectivity index (χ1n) is 13.0. The highest BCUT2D eigenvalue weighted by Crippen LogP contribution is 2.54. The van der Waals surface area contributed by atoms with Crippen LogP contribution in [0.4, 0.5) is 11.6 Å². The summed E-state index contributed by atoms with van der Waals surface area (Å²) in [5.74, 6) is -0.148. The summed E-state index contributed by atoms with van der Waals surface area (Å²) in [5, 5.41) is 11.3. The van der Waals surface area contributed by atoms with Crippen LogP contribution in [0.25, 0.3) is 22.3 Å². The summed E-state index contributed by atoms with van der Waals surface area (Å²) >= 11 is 10.6. The van der Waals surface area contributed by atoms with Crippen molar-refractivity contribution < 1.29 is 42.5 Å². The van der Waals surface area contributed by atoms with Gasteiger partial charge in [0.15, 0.2) is 29.3 Å². The van der Waals surface area contributed by atoms with Crippen molar-refractivity contribution in [2.75, 3.05) is 24.7 Å². The highest BCUT2D eigenvalue weighted by molar-refractivity contribution is 8.07. The molecule has 4 aromatic rings. The van der Waals surface area contributed by atoms with Gasteiger partial charge in [0.2, 0.25) is 5.95 Å². The van der Waals surface area contributed by atoms with E-state index in [-0.39, 0.29) is 30.1 Å². The Kier molecular flexibility index (Phi) is 7.61. The van der Waals surface area contributed by atoms with Crippen LogP contribution in [0, 0.1) is 0 Å². The zero-order chi connectivity index (χ0) is 31.0. The fraction of sp³-hybridized carbons (Fsp3) is 0.476. The van der Waals surface area contributed by atoms with Crippen LogP contribution >= 0.6 is 13.4 Å². The number of anilines is 2. The van der Waals surface area contributed by atoms with Crippen LogP contribution in [0.3, 0.4) is 0 Å². The lowest BCUT2D eigenvalue weighted by Crippen LogP contribution is -2.36. The Labute approximate surface area is 256 Å². The number of aliphatic hydroxyl groups excluding tert-OH is 1. The maximum absolute atomic E-state index is 12.3. The van der Waals surface area contributed by atoms with Gasteiger partial charge >= 0.3 is 13.4 Å². The van der Waals surface area contributed by atoms with Crippen LogP contribution < -0.4 is 17.0 Å². The highest BCUT2D eigenvalue weighted by atomic mass is 32.5. The number of pyridine rings is 1. The van der Waals surface area contributed by atoms with Crippen molar-refractivity contribution in [1.82, 2.24) is 34.1 Å². The van der Waals surface area contributed by atoms with E-state index in [2.05, 4.69) is 24.9 Å². The third kappa shape index (κ3) is 5.47. The maximum Gasteiger partial charge on any atom is 0.325 e. The van der Waals surface area contributed by atoms with Crippen LogP contribution in [0.5, 0.6) is 0 Å². The average Bonchev–Trinajstić information content (AvgIpc) is 3.72. The molecule has 0 amide bonds. The number of rotatable bonds is 2. The van der Waals surface area contributed by atoms with E-state index >= 15 is 0 Å².